The molecule has 0 saturated heterocycles. The lowest BCUT2D eigenvalue weighted by molar-refractivity contribution is 0.0950. The van der Waals surface area contributed by atoms with Gasteiger partial charge in [-0.3, -0.25) is 0 Å². The molecule has 0 amide bonds. The molecule has 1 N–H and O–H groups in total. The zero-order valence-electron chi connectivity index (χ0n) is 13.9. The fraction of sp³-hybridized carbons (Fsp3) is 0.684. The van der Waals surface area contributed by atoms with E-state index in [1.165, 1.54) is 36.8 Å². The van der Waals surface area contributed by atoms with Crippen molar-refractivity contribution in [2.24, 2.45) is 5.92 Å². The molecule has 1 unspecified atom stereocenters. The van der Waals surface area contributed by atoms with Gasteiger partial charge in [0.2, 0.25) is 0 Å². The third kappa shape index (κ3) is 5.80. The topological polar surface area (TPSA) is 21.3 Å². The van der Waals surface area contributed by atoms with Crippen LogP contribution in [-0.2, 0) is 11.3 Å². The summed E-state index contributed by atoms with van der Waals surface area (Å²) in [5.41, 5.74) is 2.69. The number of nitrogens with one attached hydrogen (secondary N) is 1. The van der Waals surface area contributed by atoms with Crippen LogP contribution in [0.4, 0.5) is 0 Å². The van der Waals surface area contributed by atoms with Crippen LogP contribution in [0.3, 0.4) is 0 Å². The fourth-order valence-corrected chi connectivity index (χ4v) is 2.69. The maximum absolute atomic E-state index is 5.79. The van der Waals surface area contributed by atoms with Crippen LogP contribution in [0, 0.1) is 5.92 Å². The molecule has 1 saturated carbocycles. The first kappa shape index (κ1) is 16.5. The second kappa shape index (κ2) is 8.55. The van der Waals surface area contributed by atoms with Crippen molar-refractivity contribution in [1.82, 2.24) is 5.32 Å². The third-order valence-corrected chi connectivity index (χ3v) is 4.54. The molecule has 21 heavy (non-hydrogen) atoms. The van der Waals surface area contributed by atoms with Gasteiger partial charge in [-0.25, -0.2) is 0 Å². The molecule has 2 nitrogen and oxygen atoms in total. The second-order valence-electron chi connectivity index (χ2n) is 6.84. The highest BCUT2D eigenvalue weighted by atomic mass is 16.5. The summed E-state index contributed by atoms with van der Waals surface area (Å²) in [6.45, 7) is 9.37. The van der Waals surface area contributed by atoms with Gasteiger partial charge in [0, 0.05) is 19.2 Å². The van der Waals surface area contributed by atoms with Gasteiger partial charge in [0.25, 0.3) is 0 Å². The molecule has 1 aliphatic rings. The third-order valence-electron chi connectivity index (χ3n) is 4.54. The van der Waals surface area contributed by atoms with Crippen LogP contribution in [-0.4, -0.2) is 19.2 Å². The maximum atomic E-state index is 5.79. The predicted molar refractivity (Wildman–Crippen MR) is 89.6 cm³/mol. The van der Waals surface area contributed by atoms with Gasteiger partial charge >= 0.3 is 0 Å². The highest BCUT2D eigenvalue weighted by Gasteiger charge is 2.16. The van der Waals surface area contributed by atoms with Gasteiger partial charge in [-0.05, 0) is 29.4 Å². The summed E-state index contributed by atoms with van der Waals surface area (Å²) in [7, 11) is 0. The Bertz CT molecular complexity index is 395. The van der Waals surface area contributed by atoms with Crippen LogP contribution in [0.15, 0.2) is 24.3 Å². The molecule has 2 rings (SSSR count). The number of benzene rings is 1. The number of ether oxygens (including phenoxy) is 1. The SMILES string of the molecule is CC(C)NCC(C)c1ccc(COCCC2CCC2)cc1. The van der Waals surface area contributed by atoms with Gasteiger partial charge in [0.05, 0.1) is 6.61 Å². The van der Waals surface area contributed by atoms with Crippen LogP contribution in [0.1, 0.15) is 63.5 Å². The van der Waals surface area contributed by atoms with E-state index in [1.807, 2.05) is 0 Å². The summed E-state index contributed by atoms with van der Waals surface area (Å²) in [6, 6.07) is 9.47. The fourth-order valence-electron chi connectivity index (χ4n) is 2.69. The summed E-state index contributed by atoms with van der Waals surface area (Å²) in [5, 5.41) is 3.50. The molecule has 0 aliphatic heterocycles. The monoisotopic (exact) mass is 289 g/mol. The van der Waals surface area contributed by atoms with Crippen molar-refractivity contribution >= 4 is 0 Å². The van der Waals surface area contributed by atoms with Gasteiger partial charge in [-0.15, -0.1) is 0 Å². The molecule has 0 bridgehead atoms. The zero-order chi connectivity index (χ0) is 15.1. The molecule has 1 atom stereocenters. The van der Waals surface area contributed by atoms with Gasteiger partial charge in [-0.1, -0.05) is 64.3 Å². The zero-order valence-corrected chi connectivity index (χ0v) is 13.9. The van der Waals surface area contributed by atoms with Gasteiger partial charge in [0.15, 0.2) is 0 Å². The molecule has 0 radical (unpaired) electrons. The minimum Gasteiger partial charge on any atom is -0.377 e. The Balaban J connectivity index is 1.67. The normalized spacial score (nSPS) is 17.0. The first-order valence-electron chi connectivity index (χ1n) is 8.55. The Morgan fingerprint density at radius 1 is 1.14 bits per heavy atom. The summed E-state index contributed by atoms with van der Waals surface area (Å²) in [6.07, 6.45) is 5.51. The van der Waals surface area contributed by atoms with Gasteiger partial charge < -0.3 is 10.1 Å². The summed E-state index contributed by atoms with van der Waals surface area (Å²) in [5.74, 6) is 1.50. The largest absolute Gasteiger partial charge is 0.377 e. The van der Waals surface area contributed by atoms with E-state index in [0.717, 1.165) is 25.7 Å². The molecular formula is C19H31NO. The minimum atomic E-state index is 0.552. The highest BCUT2D eigenvalue weighted by molar-refractivity contribution is 5.24. The first-order chi connectivity index (χ1) is 10.1. The van der Waals surface area contributed by atoms with E-state index < -0.39 is 0 Å². The Hall–Kier alpha value is -0.860. The smallest absolute Gasteiger partial charge is 0.0716 e. The maximum Gasteiger partial charge on any atom is 0.0716 e. The second-order valence-corrected chi connectivity index (χ2v) is 6.84. The predicted octanol–water partition coefficient (Wildman–Crippen LogP) is 4.49. The molecule has 0 heterocycles. The quantitative estimate of drug-likeness (QED) is 0.676. The van der Waals surface area contributed by atoms with E-state index in [9.17, 15) is 0 Å². The minimum absolute atomic E-state index is 0.552. The lowest BCUT2D eigenvalue weighted by Crippen LogP contribution is -2.26. The van der Waals surface area contributed by atoms with E-state index in [0.29, 0.717) is 12.0 Å². The molecule has 0 spiro atoms. The van der Waals surface area contributed by atoms with Crippen molar-refractivity contribution < 1.29 is 4.74 Å². The van der Waals surface area contributed by atoms with Crippen LogP contribution >= 0.6 is 0 Å². The van der Waals surface area contributed by atoms with Crippen LogP contribution in [0.25, 0.3) is 0 Å². The van der Waals surface area contributed by atoms with Gasteiger partial charge in [-0.2, -0.15) is 0 Å². The summed E-state index contributed by atoms with van der Waals surface area (Å²) in [4.78, 5) is 0. The molecule has 1 aromatic carbocycles. The van der Waals surface area contributed by atoms with E-state index >= 15 is 0 Å². The standard InChI is InChI=1S/C19H31NO/c1-15(2)20-13-16(3)19-9-7-18(8-10-19)14-21-12-11-17-5-4-6-17/h7-10,15-17,20H,4-6,11-14H2,1-3H3. The molecule has 1 aromatic rings. The lowest BCUT2D eigenvalue weighted by atomic mass is 9.83. The molecule has 2 heteroatoms. The number of hydrogen-bond acceptors (Lipinski definition) is 2. The number of hydrogen-bond donors (Lipinski definition) is 1. The summed E-state index contributed by atoms with van der Waals surface area (Å²) < 4.78 is 5.79. The Morgan fingerprint density at radius 2 is 1.86 bits per heavy atom. The number of rotatable bonds is 9. The van der Waals surface area contributed by atoms with Gasteiger partial charge in [0.1, 0.15) is 0 Å². The van der Waals surface area contributed by atoms with Crippen LogP contribution in [0.2, 0.25) is 0 Å². The highest BCUT2D eigenvalue weighted by Crippen LogP contribution is 2.29. The van der Waals surface area contributed by atoms with Crippen molar-refractivity contribution in [2.45, 2.75) is 65.0 Å². The van der Waals surface area contributed by atoms with Crippen LogP contribution < -0.4 is 5.32 Å². The molecular weight excluding hydrogens is 258 g/mol. The van der Waals surface area contributed by atoms with E-state index in [4.69, 9.17) is 4.74 Å². The Labute approximate surface area is 130 Å². The molecule has 1 aliphatic carbocycles. The van der Waals surface area contributed by atoms with Crippen molar-refractivity contribution in [3.05, 3.63) is 35.4 Å². The average Bonchev–Trinajstić information content (AvgIpc) is 2.43. The Kier molecular flexibility index (Phi) is 6.72. The lowest BCUT2D eigenvalue weighted by Gasteiger charge is -2.24. The molecule has 118 valence electrons. The van der Waals surface area contributed by atoms with Crippen molar-refractivity contribution in [2.75, 3.05) is 13.2 Å². The van der Waals surface area contributed by atoms with E-state index in [1.54, 1.807) is 0 Å². The first-order valence-corrected chi connectivity index (χ1v) is 8.55. The summed E-state index contributed by atoms with van der Waals surface area (Å²) >= 11 is 0. The van der Waals surface area contributed by atoms with Crippen molar-refractivity contribution in [3.8, 4) is 0 Å². The average molecular weight is 289 g/mol. The van der Waals surface area contributed by atoms with Crippen LogP contribution in [0.5, 0.6) is 0 Å². The van der Waals surface area contributed by atoms with E-state index in [2.05, 4.69) is 50.4 Å². The molecule has 1 fully saturated rings. The Morgan fingerprint density at radius 3 is 2.43 bits per heavy atom. The van der Waals surface area contributed by atoms with Crippen molar-refractivity contribution in [3.63, 3.8) is 0 Å². The van der Waals surface area contributed by atoms with Crippen molar-refractivity contribution in [1.29, 1.82) is 0 Å². The molecule has 0 aromatic heterocycles. The van der Waals surface area contributed by atoms with E-state index in [-0.39, 0.29) is 0 Å².